The number of carbonyl (C=O) groups is 2. The molecule has 0 aliphatic carbocycles. The van der Waals surface area contributed by atoms with Gasteiger partial charge < -0.3 is 15.0 Å². The number of amides is 2. The van der Waals surface area contributed by atoms with Gasteiger partial charge in [0.2, 0.25) is 11.8 Å². The number of alkyl halides is 3. The van der Waals surface area contributed by atoms with E-state index in [0.717, 1.165) is 29.0 Å². The molecule has 0 saturated carbocycles. The number of halogens is 3. The van der Waals surface area contributed by atoms with Crippen LogP contribution in [0.4, 0.5) is 30.2 Å². The Balaban J connectivity index is 1.69. The van der Waals surface area contributed by atoms with Crippen LogP contribution in [0.15, 0.2) is 42.5 Å². The molecule has 1 atom stereocenters. The van der Waals surface area contributed by atoms with Gasteiger partial charge >= 0.3 is 6.18 Å². The summed E-state index contributed by atoms with van der Waals surface area (Å²) in [6.45, 7) is 0.322. The van der Waals surface area contributed by atoms with Crippen molar-refractivity contribution in [3.8, 4) is 5.75 Å². The summed E-state index contributed by atoms with van der Waals surface area (Å²) < 4.78 is 46.9. The summed E-state index contributed by atoms with van der Waals surface area (Å²) in [7, 11) is 1.56. The molecule has 0 saturated heterocycles. The Labute approximate surface area is 177 Å². The highest BCUT2D eigenvalue weighted by Crippen LogP contribution is 2.38. The van der Waals surface area contributed by atoms with Crippen molar-refractivity contribution in [1.82, 2.24) is 0 Å². The molecule has 0 fully saturated rings. The van der Waals surface area contributed by atoms with Crippen LogP contribution < -0.4 is 19.9 Å². The van der Waals surface area contributed by atoms with Gasteiger partial charge in [-0.3, -0.25) is 14.5 Å². The van der Waals surface area contributed by atoms with Crippen LogP contribution in [0.25, 0.3) is 0 Å². The van der Waals surface area contributed by atoms with Gasteiger partial charge in [0.25, 0.3) is 0 Å². The van der Waals surface area contributed by atoms with Crippen molar-refractivity contribution in [2.45, 2.75) is 31.5 Å². The van der Waals surface area contributed by atoms with Crippen molar-refractivity contribution >= 4 is 28.9 Å². The van der Waals surface area contributed by atoms with Gasteiger partial charge in [0, 0.05) is 12.2 Å². The molecule has 164 valence electrons. The maximum Gasteiger partial charge on any atom is 0.409 e. The van der Waals surface area contributed by atoms with Gasteiger partial charge in [0.05, 0.1) is 31.5 Å². The molecule has 0 spiro atoms. The number of rotatable bonds is 3. The first kappa shape index (κ1) is 21.0. The lowest BCUT2D eigenvalue weighted by atomic mass is 10.0. The van der Waals surface area contributed by atoms with E-state index in [0.29, 0.717) is 12.3 Å². The molecule has 2 amide bonds. The molecule has 9 heteroatoms. The summed E-state index contributed by atoms with van der Waals surface area (Å²) in [5.41, 5.74) is 2.03. The maximum absolute atomic E-state index is 13.9. The van der Waals surface area contributed by atoms with Crippen LogP contribution in [-0.2, 0) is 16.0 Å². The SMILES string of the molecule is COc1ccc2c(c1)CCCN2CC(=O)N1c2ccccc2NC(=O)C[C@@H]1C(F)(F)F. The first-order valence-electron chi connectivity index (χ1n) is 9.97. The number of hydrogen-bond acceptors (Lipinski definition) is 4. The summed E-state index contributed by atoms with van der Waals surface area (Å²) in [6.07, 6.45) is -4.03. The number of hydrogen-bond donors (Lipinski definition) is 1. The quantitative estimate of drug-likeness (QED) is 0.801. The van der Waals surface area contributed by atoms with Gasteiger partial charge in [-0.1, -0.05) is 12.1 Å². The predicted molar refractivity (Wildman–Crippen MR) is 111 cm³/mol. The van der Waals surface area contributed by atoms with Gasteiger partial charge in [-0.25, -0.2) is 0 Å². The number of benzene rings is 2. The van der Waals surface area contributed by atoms with E-state index in [1.807, 2.05) is 12.1 Å². The van der Waals surface area contributed by atoms with Crippen LogP contribution >= 0.6 is 0 Å². The van der Waals surface area contributed by atoms with E-state index in [1.165, 1.54) is 12.1 Å². The minimum Gasteiger partial charge on any atom is -0.497 e. The third-order valence-corrected chi connectivity index (χ3v) is 5.60. The number of ether oxygens (including phenoxy) is 1. The molecular weight excluding hydrogens is 411 g/mol. The van der Waals surface area contributed by atoms with Crippen molar-refractivity contribution in [3.05, 3.63) is 48.0 Å². The highest BCUT2D eigenvalue weighted by atomic mass is 19.4. The Bertz CT molecular complexity index is 1010. The van der Waals surface area contributed by atoms with Crippen molar-refractivity contribution in [2.75, 3.05) is 35.3 Å². The number of methoxy groups -OCH3 is 1. The second kappa shape index (κ2) is 8.13. The summed E-state index contributed by atoms with van der Waals surface area (Å²) in [5.74, 6) is -0.800. The predicted octanol–water partition coefficient (Wildman–Crippen LogP) is 3.75. The number of nitrogens with one attached hydrogen (secondary N) is 1. The molecule has 2 heterocycles. The number of fused-ring (bicyclic) bond motifs is 2. The Morgan fingerprint density at radius 2 is 1.97 bits per heavy atom. The smallest absolute Gasteiger partial charge is 0.409 e. The number of aryl methyl sites for hydroxylation is 1. The average molecular weight is 433 g/mol. The fourth-order valence-electron chi connectivity index (χ4n) is 4.18. The summed E-state index contributed by atoms with van der Waals surface area (Å²) in [6, 6.07) is 9.31. The zero-order valence-electron chi connectivity index (χ0n) is 16.9. The molecule has 0 bridgehead atoms. The fraction of sp³-hybridized carbons (Fsp3) is 0.364. The van der Waals surface area contributed by atoms with Crippen LogP contribution in [0, 0.1) is 0 Å². The number of anilines is 3. The van der Waals surface area contributed by atoms with Crippen molar-refractivity contribution in [3.63, 3.8) is 0 Å². The summed E-state index contributed by atoms with van der Waals surface area (Å²) in [4.78, 5) is 27.9. The Morgan fingerprint density at radius 3 is 2.71 bits per heavy atom. The molecule has 1 N–H and O–H groups in total. The largest absolute Gasteiger partial charge is 0.497 e. The second-order valence-electron chi connectivity index (χ2n) is 7.61. The van der Waals surface area contributed by atoms with E-state index < -0.39 is 30.5 Å². The van der Waals surface area contributed by atoms with Crippen LogP contribution in [0.1, 0.15) is 18.4 Å². The Morgan fingerprint density at radius 1 is 1.19 bits per heavy atom. The highest BCUT2D eigenvalue weighted by Gasteiger charge is 2.49. The van der Waals surface area contributed by atoms with Crippen LogP contribution in [0.2, 0.25) is 0 Å². The Hall–Kier alpha value is -3.23. The highest BCUT2D eigenvalue weighted by molar-refractivity contribution is 6.05. The third-order valence-electron chi connectivity index (χ3n) is 5.60. The number of para-hydroxylation sites is 2. The van der Waals surface area contributed by atoms with E-state index in [4.69, 9.17) is 4.74 Å². The first-order valence-corrected chi connectivity index (χ1v) is 9.97. The van der Waals surface area contributed by atoms with E-state index in [-0.39, 0.29) is 17.9 Å². The van der Waals surface area contributed by atoms with Crippen LogP contribution in [0.5, 0.6) is 5.75 Å². The van der Waals surface area contributed by atoms with E-state index in [1.54, 1.807) is 30.2 Å². The molecular formula is C22H22F3N3O3. The first-order chi connectivity index (χ1) is 14.8. The summed E-state index contributed by atoms with van der Waals surface area (Å²) in [5, 5.41) is 2.48. The van der Waals surface area contributed by atoms with Crippen molar-refractivity contribution in [2.24, 2.45) is 0 Å². The fourth-order valence-corrected chi connectivity index (χ4v) is 4.18. The molecule has 0 aromatic heterocycles. The third kappa shape index (κ3) is 4.17. The van der Waals surface area contributed by atoms with E-state index >= 15 is 0 Å². The van der Waals surface area contributed by atoms with Gasteiger partial charge in [-0.05, 0) is 48.7 Å². The molecule has 4 rings (SSSR count). The molecule has 2 aromatic carbocycles. The van der Waals surface area contributed by atoms with E-state index in [9.17, 15) is 22.8 Å². The minimum absolute atomic E-state index is 0.0487. The standard InChI is InChI=1S/C22H22F3N3O3/c1-31-15-8-9-17-14(11-15)5-4-10-27(17)13-21(30)28-18-7-3-2-6-16(18)26-20(29)12-19(28)22(23,24)25/h2-3,6-9,11,19H,4-5,10,12-13H2,1H3,(H,26,29)/t19-/m1/s1. The molecule has 6 nitrogen and oxygen atoms in total. The lowest BCUT2D eigenvalue weighted by molar-refractivity contribution is -0.157. The zero-order valence-corrected chi connectivity index (χ0v) is 16.9. The van der Waals surface area contributed by atoms with Crippen LogP contribution in [0.3, 0.4) is 0 Å². The van der Waals surface area contributed by atoms with Gasteiger partial charge in [0.1, 0.15) is 11.8 Å². The molecule has 0 radical (unpaired) electrons. The molecule has 2 aromatic rings. The van der Waals surface area contributed by atoms with Gasteiger partial charge in [-0.15, -0.1) is 0 Å². The topological polar surface area (TPSA) is 61.9 Å². The number of nitrogens with zero attached hydrogens (tertiary/aromatic N) is 2. The average Bonchev–Trinajstić information content (AvgIpc) is 2.89. The minimum atomic E-state index is -4.75. The van der Waals surface area contributed by atoms with Crippen LogP contribution in [-0.4, -0.2) is 44.2 Å². The second-order valence-corrected chi connectivity index (χ2v) is 7.61. The maximum atomic E-state index is 13.9. The lowest BCUT2D eigenvalue weighted by Crippen LogP contribution is -2.53. The molecule has 2 aliphatic rings. The Kier molecular flexibility index (Phi) is 5.51. The molecule has 31 heavy (non-hydrogen) atoms. The summed E-state index contributed by atoms with van der Waals surface area (Å²) >= 11 is 0. The van der Waals surface area contributed by atoms with Crippen molar-refractivity contribution < 1.29 is 27.5 Å². The zero-order chi connectivity index (χ0) is 22.2. The van der Waals surface area contributed by atoms with Gasteiger partial charge in [0.15, 0.2) is 0 Å². The van der Waals surface area contributed by atoms with E-state index in [2.05, 4.69) is 5.32 Å². The number of carbonyl (C=O) groups excluding carboxylic acids is 2. The lowest BCUT2D eigenvalue weighted by Gasteiger charge is -2.36. The molecule has 2 aliphatic heterocycles. The normalized spacial score (nSPS) is 18.6. The monoisotopic (exact) mass is 433 g/mol. The van der Waals surface area contributed by atoms with Crippen molar-refractivity contribution in [1.29, 1.82) is 0 Å². The molecule has 0 unspecified atom stereocenters. The van der Waals surface area contributed by atoms with Gasteiger partial charge in [-0.2, -0.15) is 13.2 Å².